The van der Waals surface area contributed by atoms with E-state index < -0.39 is 5.82 Å². The molecule has 3 aromatic rings. The van der Waals surface area contributed by atoms with Gasteiger partial charge in [0.1, 0.15) is 5.82 Å². The molecule has 2 heterocycles. The number of fused-ring (bicyclic) bond motifs is 1. The molecule has 102 valence electrons. The van der Waals surface area contributed by atoms with Gasteiger partial charge in [0.05, 0.1) is 5.69 Å². The van der Waals surface area contributed by atoms with Crippen molar-refractivity contribution < 1.29 is 4.39 Å². The third-order valence-electron chi connectivity index (χ3n) is 3.34. The summed E-state index contributed by atoms with van der Waals surface area (Å²) in [6.07, 6.45) is 1.34. The lowest BCUT2D eigenvalue weighted by Crippen LogP contribution is -1.96. The van der Waals surface area contributed by atoms with E-state index in [1.165, 1.54) is 17.8 Å². The van der Waals surface area contributed by atoms with E-state index >= 15 is 0 Å². The molecular weight excluding hydrogens is 255 g/mol. The molecule has 0 spiro atoms. The van der Waals surface area contributed by atoms with Crippen LogP contribution in [0.1, 0.15) is 25.3 Å². The summed E-state index contributed by atoms with van der Waals surface area (Å²) in [5.41, 5.74) is 8.62. The predicted octanol–water partition coefficient (Wildman–Crippen LogP) is 3.24. The molecule has 0 bridgehead atoms. The standard InChI is InChI=1S/C15H15FN4/c1-9(2)10-3-5-11(6-4-10)14-18-19-15-13(17)7-12(16)8-20(14)15/h3-9H,17H2,1-2H3. The molecule has 0 fully saturated rings. The smallest absolute Gasteiger partial charge is 0.184 e. The molecule has 3 rings (SSSR count). The third kappa shape index (κ3) is 2.01. The van der Waals surface area contributed by atoms with E-state index in [2.05, 4.69) is 24.0 Å². The first kappa shape index (κ1) is 12.6. The van der Waals surface area contributed by atoms with Crippen molar-refractivity contribution in [1.29, 1.82) is 0 Å². The number of benzene rings is 1. The molecule has 20 heavy (non-hydrogen) atoms. The first-order valence-electron chi connectivity index (χ1n) is 6.46. The number of nitrogens with two attached hydrogens (primary N) is 1. The highest BCUT2D eigenvalue weighted by atomic mass is 19.1. The summed E-state index contributed by atoms with van der Waals surface area (Å²) in [6, 6.07) is 9.27. The van der Waals surface area contributed by atoms with E-state index in [1.807, 2.05) is 24.3 Å². The molecule has 0 atom stereocenters. The molecule has 0 aliphatic carbocycles. The van der Waals surface area contributed by atoms with Crippen molar-refractivity contribution in [1.82, 2.24) is 14.6 Å². The van der Waals surface area contributed by atoms with Gasteiger partial charge in [-0.25, -0.2) is 4.39 Å². The summed E-state index contributed by atoms with van der Waals surface area (Å²) in [7, 11) is 0. The normalized spacial score (nSPS) is 11.4. The van der Waals surface area contributed by atoms with Crippen LogP contribution in [0.15, 0.2) is 36.5 Å². The lowest BCUT2D eigenvalue weighted by Gasteiger charge is -2.06. The quantitative estimate of drug-likeness (QED) is 0.777. The molecule has 0 amide bonds. The van der Waals surface area contributed by atoms with Gasteiger partial charge in [-0.3, -0.25) is 4.40 Å². The molecule has 0 saturated heterocycles. The molecule has 0 aliphatic rings. The fourth-order valence-corrected chi connectivity index (χ4v) is 2.20. The highest BCUT2D eigenvalue weighted by molar-refractivity contribution is 5.69. The molecular formula is C15H15FN4. The Kier molecular flexibility index (Phi) is 2.89. The minimum Gasteiger partial charge on any atom is -0.396 e. The number of pyridine rings is 1. The van der Waals surface area contributed by atoms with Crippen molar-refractivity contribution in [3.8, 4) is 11.4 Å². The van der Waals surface area contributed by atoms with Crippen LogP contribution in [0.2, 0.25) is 0 Å². The Morgan fingerprint density at radius 2 is 1.85 bits per heavy atom. The molecule has 2 N–H and O–H groups in total. The first-order chi connectivity index (χ1) is 9.56. The number of hydrogen-bond acceptors (Lipinski definition) is 3. The monoisotopic (exact) mass is 270 g/mol. The van der Waals surface area contributed by atoms with Crippen molar-refractivity contribution in [2.24, 2.45) is 0 Å². The zero-order valence-corrected chi connectivity index (χ0v) is 11.3. The number of halogens is 1. The van der Waals surface area contributed by atoms with Gasteiger partial charge in [-0.15, -0.1) is 10.2 Å². The van der Waals surface area contributed by atoms with Crippen LogP contribution in [-0.4, -0.2) is 14.6 Å². The van der Waals surface area contributed by atoms with Crippen molar-refractivity contribution in [3.63, 3.8) is 0 Å². The molecule has 4 nitrogen and oxygen atoms in total. The molecule has 0 radical (unpaired) electrons. The number of anilines is 1. The largest absolute Gasteiger partial charge is 0.396 e. The fraction of sp³-hybridized carbons (Fsp3) is 0.200. The summed E-state index contributed by atoms with van der Waals surface area (Å²) in [5.74, 6) is 0.642. The fourth-order valence-electron chi connectivity index (χ4n) is 2.20. The van der Waals surface area contributed by atoms with Gasteiger partial charge in [0.15, 0.2) is 11.5 Å². The summed E-state index contributed by atoms with van der Waals surface area (Å²) in [4.78, 5) is 0. The Labute approximate surface area is 116 Å². The van der Waals surface area contributed by atoms with Crippen LogP contribution in [-0.2, 0) is 0 Å². The SMILES string of the molecule is CC(C)c1ccc(-c2nnc3c(N)cc(F)cn23)cc1. The van der Waals surface area contributed by atoms with E-state index in [9.17, 15) is 4.39 Å². The van der Waals surface area contributed by atoms with Crippen LogP contribution in [0.5, 0.6) is 0 Å². The highest BCUT2D eigenvalue weighted by Crippen LogP contribution is 2.24. The topological polar surface area (TPSA) is 56.2 Å². The minimum atomic E-state index is -0.408. The van der Waals surface area contributed by atoms with E-state index in [4.69, 9.17) is 5.73 Å². The zero-order chi connectivity index (χ0) is 14.3. The van der Waals surface area contributed by atoms with Crippen molar-refractivity contribution >= 4 is 11.3 Å². The Bertz CT molecular complexity index is 759. The minimum absolute atomic E-state index is 0.280. The van der Waals surface area contributed by atoms with Gasteiger partial charge in [0.2, 0.25) is 0 Å². The van der Waals surface area contributed by atoms with Gasteiger partial charge in [-0.05, 0) is 11.5 Å². The second-order valence-electron chi connectivity index (χ2n) is 5.11. The van der Waals surface area contributed by atoms with Crippen LogP contribution < -0.4 is 5.73 Å². The van der Waals surface area contributed by atoms with E-state index in [1.54, 1.807) is 4.40 Å². The molecule has 2 aromatic heterocycles. The second-order valence-corrected chi connectivity index (χ2v) is 5.11. The van der Waals surface area contributed by atoms with Gasteiger partial charge in [0, 0.05) is 17.8 Å². The summed E-state index contributed by atoms with van der Waals surface area (Å²) in [5, 5.41) is 8.12. The zero-order valence-electron chi connectivity index (χ0n) is 11.3. The van der Waals surface area contributed by atoms with Crippen LogP contribution in [0, 0.1) is 5.82 Å². The maximum absolute atomic E-state index is 13.5. The third-order valence-corrected chi connectivity index (χ3v) is 3.34. The van der Waals surface area contributed by atoms with E-state index in [-0.39, 0.29) is 5.69 Å². The van der Waals surface area contributed by atoms with Gasteiger partial charge in [-0.2, -0.15) is 0 Å². The Hall–Kier alpha value is -2.43. The number of aromatic nitrogens is 3. The summed E-state index contributed by atoms with van der Waals surface area (Å²) in [6.45, 7) is 4.27. The van der Waals surface area contributed by atoms with Gasteiger partial charge >= 0.3 is 0 Å². The van der Waals surface area contributed by atoms with Crippen LogP contribution >= 0.6 is 0 Å². The number of hydrogen-bond donors (Lipinski definition) is 1. The maximum Gasteiger partial charge on any atom is 0.184 e. The number of nitrogens with zero attached hydrogens (tertiary/aromatic N) is 3. The maximum atomic E-state index is 13.5. The van der Waals surface area contributed by atoms with Crippen molar-refractivity contribution in [2.45, 2.75) is 19.8 Å². The molecule has 0 unspecified atom stereocenters. The number of rotatable bonds is 2. The Morgan fingerprint density at radius 1 is 1.15 bits per heavy atom. The van der Waals surface area contributed by atoms with Crippen molar-refractivity contribution in [3.05, 3.63) is 47.9 Å². The Balaban J connectivity index is 2.14. The summed E-state index contributed by atoms with van der Waals surface area (Å²) >= 11 is 0. The Morgan fingerprint density at radius 3 is 2.50 bits per heavy atom. The second kappa shape index (κ2) is 4.59. The predicted molar refractivity (Wildman–Crippen MR) is 76.9 cm³/mol. The van der Waals surface area contributed by atoms with Crippen molar-refractivity contribution in [2.75, 3.05) is 5.73 Å². The number of nitrogen functional groups attached to an aromatic ring is 1. The first-order valence-corrected chi connectivity index (χ1v) is 6.46. The van der Waals surface area contributed by atoms with Gasteiger partial charge in [-0.1, -0.05) is 38.1 Å². The lowest BCUT2D eigenvalue weighted by atomic mass is 10.0. The lowest BCUT2D eigenvalue weighted by molar-refractivity contribution is 0.620. The van der Waals surface area contributed by atoms with Crippen LogP contribution in [0.3, 0.4) is 0 Å². The molecule has 0 aliphatic heterocycles. The van der Waals surface area contributed by atoms with Gasteiger partial charge < -0.3 is 5.73 Å². The average molecular weight is 270 g/mol. The summed E-state index contributed by atoms with van der Waals surface area (Å²) < 4.78 is 15.1. The highest BCUT2D eigenvalue weighted by Gasteiger charge is 2.11. The van der Waals surface area contributed by atoms with E-state index in [0.29, 0.717) is 17.4 Å². The molecule has 5 heteroatoms. The molecule has 0 saturated carbocycles. The van der Waals surface area contributed by atoms with E-state index in [0.717, 1.165) is 5.56 Å². The van der Waals surface area contributed by atoms with Crippen LogP contribution in [0.4, 0.5) is 10.1 Å². The van der Waals surface area contributed by atoms with Gasteiger partial charge in [0.25, 0.3) is 0 Å². The average Bonchev–Trinajstić information content (AvgIpc) is 2.82. The van der Waals surface area contributed by atoms with Crippen LogP contribution in [0.25, 0.3) is 17.0 Å². The molecule has 1 aromatic carbocycles.